The van der Waals surface area contributed by atoms with Crippen LogP contribution in [0.25, 0.3) is 11.1 Å². The van der Waals surface area contributed by atoms with Gasteiger partial charge in [0.25, 0.3) is 0 Å². The molecule has 0 N–H and O–H groups in total. The minimum absolute atomic E-state index is 0. The molecule has 2 nitrogen and oxygen atoms in total. The molecule has 2 aliphatic rings. The second kappa shape index (κ2) is 14.6. The van der Waals surface area contributed by atoms with Gasteiger partial charge in [-0.2, -0.15) is 0 Å². The van der Waals surface area contributed by atoms with E-state index in [1.165, 1.54) is 58.8 Å². The number of aryl methyl sites for hydroxylation is 2. The van der Waals surface area contributed by atoms with Gasteiger partial charge in [0.15, 0.2) is 0 Å². The molecule has 250 valence electrons. The molecule has 5 heteroatoms. The topological polar surface area (TPSA) is 18.5 Å². The maximum atomic E-state index is 5.73. The van der Waals surface area contributed by atoms with Gasteiger partial charge in [-0.1, -0.05) is 0 Å². The molecule has 0 saturated carbocycles. The van der Waals surface area contributed by atoms with Crippen LogP contribution < -0.4 is 34.3 Å². The van der Waals surface area contributed by atoms with Crippen molar-refractivity contribution in [3.05, 3.63) is 139 Å². The third-order valence-corrected chi connectivity index (χ3v) is 18.1. The summed E-state index contributed by atoms with van der Waals surface area (Å²) in [5, 5.41) is 0. The van der Waals surface area contributed by atoms with Gasteiger partial charge >= 0.3 is 286 Å². The molecule has 48 heavy (non-hydrogen) atoms. The first-order valence-electron chi connectivity index (χ1n) is 16.5. The molecule has 0 unspecified atom stereocenters. The zero-order valence-corrected chi connectivity index (χ0v) is 34.0. The first-order chi connectivity index (χ1) is 21.8. The minimum Gasteiger partial charge on any atom is -1.00 e. The molecule has 0 heterocycles. The Morgan fingerprint density at radius 3 is 1.46 bits per heavy atom. The van der Waals surface area contributed by atoms with E-state index in [1.807, 2.05) is 0 Å². The van der Waals surface area contributed by atoms with Crippen LogP contribution in [0.1, 0.15) is 96.1 Å². The number of ether oxygens (including phenoxy) is 2. The van der Waals surface area contributed by atoms with Gasteiger partial charge in [-0.25, -0.2) is 0 Å². The van der Waals surface area contributed by atoms with Gasteiger partial charge in [0.05, 0.1) is 0 Å². The number of benzene rings is 4. The standard InChI is InChI=1S/C21H25.C17H18O2.C5H5.2ClH.Zr/c1-20(2,3)16-9-7-14-11-15-8-10-17(21(4,5)6)13-19(15)18(14)12-16;1-12-9-14(5-7-16(12)18-3)11-15-6-8-17(19-4)13(2)10-15;1-2-4-5-3-1;;;/h7-13H,1-6H3;5-10H,1-4H3;1-3H,4H2;2*1H;/q;;;;;+2/p-2. The Bertz CT molecular complexity index is 1820. The van der Waals surface area contributed by atoms with Crippen LogP contribution in [-0.2, 0) is 32.1 Å². The zero-order valence-electron chi connectivity index (χ0n) is 30.0. The number of allylic oxidation sites excluding steroid dienone is 4. The van der Waals surface area contributed by atoms with E-state index < -0.39 is 21.3 Å². The molecule has 0 radical (unpaired) electrons. The third-order valence-electron chi connectivity index (χ3n) is 9.79. The molecule has 0 bridgehead atoms. The SMILES string of the molecule is COc1ccc([C](c2ccc(OC)c(C)c2)=[Zr+2]([C]2=CC=CC2)[CH]2c3ccc(C(C)(C)C)cc3-c3cc(C(C)(C)C)ccc32)cc1C.[Cl-].[Cl-]. The van der Waals surface area contributed by atoms with Crippen LogP contribution in [-0.4, -0.2) is 17.4 Å². The molecule has 4 aromatic rings. The van der Waals surface area contributed by atoms with Crippen molar-refractivity contribution < 1.29 is 55.6 Å². The van der Waals surface area contributed by atoms with Gasteiger partial charge in [-0.3, -0.25) is 0 Å². The zero-order chi connectivity index (χ0) is 33.0. The molecular formula is C43H48Cl2O2Zr. The van der Waals surface area contributed by atoms with Crippen molar-refractivity contribution >= 4 is 3.21 Å². The molecule has 0 fully saturated rings. The smallest absolute Gasteiger partial charge is 1.00 e. The summed E-state index contributed by atoms with van der Waals surface area (Å²) in [7, 11) is 3.53. The van der Waals surface area contributed by atoms with Gasteiger partial charge in [0, 0.05) is 0 Å². The maximum absolute atomic E-state index is 5.73. The second-order valence-electron chi connectivity index (χ2n) is 15.0. The van der Waals surface area contributed by atoms with Gasteiger partial charge < -0.3 is 24.8 Å². The predicted octanol–water partition coefficient (Wildman–Crippen LogP) is 4.72. The van der Waals surface area contributed by atoms with E-state index in [9.17, 15) is 0 Å². The van der Waals surface area contributed by atoms with Crippen molar-refractivity contribution in [2.75, 3.05) is 14.2 Å². The van der Waals surface area contributed by atoms with Crippen molar-refractivity contribution in [3.63, 3.8) is 0 Å². The number of methoxy groups -OCH3 is 2. The molecular weight excluding hydrogens is 711 g/mol. The molecule has 0 saturated heterocycles. The van der Waals surface area contributed by atoms with E-state index >= 15 is 0 Å². The van der Waals surface area contributed by atoms with E-state index in [-0.39, 0.29) is 35.6 Å². The van der Waals surface area contributed by atoms with Crippen LogP contribution in [0.2, 0.25) is 0 Å². The Labute approximate surface area is 308 Å². The van der Waals surface area contributed by atoms with Crippen molar-refractivity contribution in [1.29, 1.82) is 0 Å². The van der Waals surface area contributed by atoms with Crippen molar-refractivity contribution in [2.45, 2.75) is 76.3 Å². The van der Waals surface area contributed by atoms with Crippen LogP contribution >= 0.6 is 0 Å². The number of hydrogen-bond donors (Lipinski definition) is 0. The molecule has 4 aromatic carbocycles. The third kappa shape index (κ3) is 7.12. The van der Waals surface area contributed by atoms with E-state index in [0.717, 1.165) is 17.9 Å². The molecule has 0 aromatic heterocycles. The Kier molecular flexibility index (Phi) is 11.6. The molecule has 0 aliphatic heterocycles. The summed E-state index contributed by atoms with van der Waals surface area (Å²) in [6, 6.07) is 28.4. The van der Waals surface area contributed by atoms with Crippen molar-refractivity contribution in [3.8, 4) is 22.6 Å². The quantitative estimate of drug-likeness (QED) is 0.284. The first-order valence-corrected chi connectivity index (χ1v) is 20.4. The largest absolute Gasteiger partial charge is 1.00 e. The summed E-state index contributed by atoms with van der Waals surface area (Å²) >= 11 is -2.82. The monoisotopic (exact) mass is 756 g/mol. The molecule has 0 atom stereocenters. The minimum atomic E-state index is -2.82. The second-order valence-corrected chi connectivity index (χ2v) is 21.3. The normalized spacial score (nSPS) is 13.4. The Hall–Kier alpha value is -2.71. The van der Waals surface area contributed by atoms with Crippen LogP contribution in [0.5, 0.6) is 11.5 Å². The van der Waals surface area contributed by atoms with Gasteiger partial charge in [0.2, 0.25) is 0 Å². The molecule has 2 aliphatic carbocycles. The van der Waals surface area contributed by atoms with E-state index in [4.69, 9.17) is 9.47 Å². The number of rotatable bonds is 6. The molecule has 0 amide bonds. The van der Waals surface area contributed by atoms with Crippen molar-refractivity contribution in [1.82, 2.24) is 0 Å². The Balaban J connectivity index is 0.00000260. The maximum Gasteiger partial charge on any atom is -1.00 e. The average Bonchev–Trinajstić information content (AvgIpc) is 3.65. The number of fused-ring (bicyclic) bond motifs is 3. The summed E-state index contributed by atoms with van der Waals surface area (Å²) in [6.07, 6.45) is 8.12. The average molecular weight is 759 g/mol. The summed E-state index contributed by atoms with van der Waals surface area (Å²) in [5.41, 5.74) is 13.8. The summed E-state index contributed by atoms with van der Waals surface area (Å²) in [4.78, 5) is 0. The van der Waals surface area contributed by atoms with Gasteiger partial charge in [-0.05, 0) is 0 Å². The fourth-order valence-corrected chi connectivity index (χ4v) is 16.2. The van der Waals surface area contributed by atoms with E-state index in [2.05, 4.69) is 146 Å². The first kappa shape index (κ1) is 38.1. The van der Waals surface area contributed by atoms with Crippen LogP contribution in [0.4, 0.5) is 0 Å². The Morgan fingerprint density at radius 1 is 0.646 bits per heavy atom. The van der Waals surface area contributed by atoms with Crippen LogP contribution in [0.15, 0.2) is 94.3 Å². The van der Waals surface area contributed by atoms with Gasteiger partial charge in [-0.15, -0.1) is 0 Å². The van der Waals surface area contributed by atoms with E-state index in [0.29, 0.717) is 3.63 Å². The van der Waals surface area contributed by atoms with Crippen LogP contribution in [0, 0.1) is 13.8 Å². The number of hydrogen-bond acceptors (Lipinski definition) is 2. The fraction of sp³-hybridized carbons (Fsp3) is 0.326. The summed E-state index contributed by atoms with van der Waals surface area (Å²) in [6.45, 7) is 18.3. The van der Waals surface area contributed by atoms with Gasteiger partial charge in [0.1, 0.15) is 0 Å². The molecule has 0 spiro atoms. The fourth-order valence-electron chi connectivity index (χ4n) is 7.18. The van der Waals surface area contributed by atoms with Crippen LogP contribution in [0.3, 0.4) is 0 Å². The molecule has 6 rings (SSSR count). The van der Waals surface area contributed by atoms with Crippen molar-refractivity contribution in [2.24, 2.45) is 0 Å². The summed E-state index contributed by atoms with van der Waals surface area (Å²) in [5.74, 6) is 1.86. The number of halogens is 2. The summed E-state index contributed by atoms with van der Waals surface area (Å²) < 4.78 is 15.0. The Morgan fingerprint density at radius 2 is 1.10 bits per heavy atom. The predicted molar refractivity (Wildman–Crippen MR) is 192 cm³/mol. The van der Waals surface area contributed by atoms with E-state index in [1.54, 1.807) is 17.5 Å².